The maximum atomic E-state index is 12.6. The molecular weight excluding hydrogens is 458 g/mol. The van der Waals surface area contributed by atoms with Crippen LogP contribution in [0.2, 0.25) is 0 Å². The van der Waals surface area contributed by atoms with Crippen LogP contribution in [0.4, 0.5) is 5.69 Å². The first-order chi connectivity index (χ1) is 17.2. The van der Waals surface area contributed by atoms with Gasteiger partial charge in [0.15, 0.2) is 11.0 Å². The van der Waals surface area contributed by atoms with E-state index in [0.29, 0.717) is 16.7 Å². The third-order valence-corrected chi connectivity index (χ3v) is 6.23. The molecule has 0 aliphatic rings. The third-order valence-electron chi connectivity index (χ3n) is 5.30. The van der Waals surface area contributed by atoms with Crippen LogP contribution in [-0.2, 0) is 11.4 Å². The van der Waals surface area contributed by atoms with Crippen LogP contribution in [0.3, 0.4) is 0 Å². The quantitative estimate of drug-likeness (QED) is 0.298. The van der Waals surface area contributed by atoms with Gasteiger partial charge in [-0.1, -0.05) is 60.3 Å². The Hall–Kier alpha value is -4.17. The molecule has 2 heterocycles. The Morgan fingerprint density at radius 1 is 0.971 bits per heavy atom. The van der Waals surface area contributed by atoms with Gasteiger partial charge in [0.25, 0.3) is 0 Å². The predicted octanol–water partition coefficient (Wildman–Crippen LogP) is 5.43. The Morgan fingerprint density at radius 3 is 2.66 bits per heavy atom. The Labute approximate surface area is 207 Å². The van der Waals surface area contributed by atoms with Crippen molar-refractivity contribution >= 4 is 34.3 Å². The zero-order valence-corrected chi connectivity index (χ0v) is 19.9. The summed E-state index contributed by atoms with van der Waals surface area (Å²) in [6, 6.07) is 27.3. The minimum absolute atomic E-state index is 0.108. The number of pyridine rings is 1. The maximum Gasteiger partial charge on any atom is 0.234 e. The summed E-state index contributed by atoms with van der Waals surface area (Å²) in [5.41, 5.74) is 3.56. The number of benzene rings is 3. The van der Waals surface area contributed by atoms with E-state index in [1.54, 1.807) is 6.20 Å². The van der Waals surface area contributed by atoms with Crippen molar-refractivity contribution in [3.63, 3.8) is 0 Å². The van der Waals surface area contributed by atoms with E-state index in [1.807, 2.05) is 96.4 Å². The predicted molar refractivity (Wildman–Crippen MR) is 138 cm³/mol. The summed E-state index contributed by atoms with van der Waals surface area (Å²) in [4.78, 5) is 17.0. The first kappa shape index (κ1) is 22.6. The number of hydrogen-bond donors (Lipinski definition) is 1. The van der Waals surface area contributed by atoms with E-state index >= 15 is 0 Å². The van der Waals surface area contributed by atoms with Gasteiger partial charge in [0.2, 0.25) is 5.91 Å². The lowest BCUT2D eigenvalue weighted by Crippen LogP contribution is -2.15. The first-order valence-electron chi connectivity index (χ1n) is 11.1. The Kier molecular flexibility index (Phi) is 6.72. The number of nitrogens with one attached hydrogen (secondary N) is 1. The van der Waals surface area contributed by atoms with E-state index in [4.69, 9.17) is 4.74 Å². The summed E-state index contributed by atoms with van der Waals surface area (Å²) in [6.07, 6.45) is 1.75. The summed E-state index contributed by atoms with van der Waals surface area (Å²) < 4.78 is 8.04. The van der Waals surface area contributed by atoms with Crippen molar-refractivity contribution in [2.45, 2.75) is 18.7 Å². The third kappa shape index (κ3) is 5.33. The van der Waals surface area contributed by atoms with Gasteiger partial charge in [-0.25, -0.2) is 0 Å². The molecule has 0 spiro atoms. The minimum atomic E-state index is -0.108. The van der Waals surface area contributed by atoms with Gasteiger partial charge in [-0.05, 0) is 48.9 Å². The lowest BCUT2D eigenvalue weighted by atomic mass is 10.2. The highest BCUT2D eigenvalue weighted by Gasteiger charge is 2.17. The summed E-state index contributed by atoms with van der Waals surface area (Å²) in [5.74, 6) is 1.40. The molecule has 0 aliphatic heterocycles. The molecule has 8 heteroatoms. The zero-order valence-electron chi connectivity index (χ0n) is 19.1. The molecule has 0 saturated heterocycles. The molecule has 0 bridgehead atoms. The monoisotopic (exact) mass is 481 g/mol. The fourth-order valence-corrected chi connectivity index (χ4v) is 4.48. The normalized spacial score (nSPS) is 10.9. The Bertz CT molecular complexity index is 1460. The minimum Gasteiger partial charge on any atom is -0.483 e. The van der Waals surface area contributed by atoms with Crippen LogP contribution < -0.4 is 10.1 Å². The van der Waals surface area contributed by atoms with Crippen LogP contribution in [0.5, 0.6) is 5.75 Å². The molecule has 5 aromatic rings. The molecule has 1 amide bonds. The fourth-order valence-electron chi connectivity index (χ4n) is 3.71. The second kappa shape index (κ2) is 10.4. The average molecular weight is 482 g/mol. The van der Waals surface area contributed by atoms with Gasteiger partial charge in [0, 0.05) is 23.0 Å². The highest BCUT2D eigenvalue weighted by Crippen LogP contribution is 2.26. The van der Waals surface area contributed by atoms with E-state index in [9.17, 15) is 4.79 Å². The topological polar surface area (TPSA) is 81.9 Å². The molecule has 1 N–H and O–H groups in total. The highest BCUT2D eigenvalue weighted by molar-refractivity contribution is 7.99. The molecule has 0 radical (unpaired) electrons. The van der Waals surface area contributed by atoms with Gasteiger partial charge >= 0.3 is 0 Å². The van der Waals surface area contributed by atoms with Crippen molar-refractivity contribution in [3.05, 3.63) is 103 Å². The largest absolute Gasteiger partial charge is 0.483 e. The molecule has 7 nitrogen and oxygen atoms in total. The zero-order chi connectivity index (χ0) is 24.0. The molecule has 0 aliphatic carbocycles. The number of ether oxygens (including phenoxy) is 1. The van der Waals surface area contributed by atoms with Crippen LogP contribution in [0, 0.1) is 6.92 Å². The number of amides is 1. The number of thioether (sulfide) groups is 1. The molecule has 0 atom stereocenters. The summed E-state index contributed by atoms with van der Waals surface area (Å²) in [6.45, 7) is 2.19. The van der Waals surface area contributed by atoms with E-state index in [1.165, 1.54) is 11.8 Å². The van der Waals surface area contributed by atoms with Crippen LogP contribution in [0.15, 0.2) is 96.3 Å². The number of anilines is 1. The van der Waals surface area contributed by atoms with Crippen LogP contribution >= 0.6 is 11.8 Å². The molecule has 174 valence electrons. The Morgan fingerprint density at radius 2 is 1.80 bits per heavy atom. The van der Waals surface area contributed by atoms with Gasteiger partial charge in [-0.3, -0.25) is 14.3 Å². The number of carbonyl (C=O) groups is 1. The van der Waals surface area contributed by atoms with Crippen molar-refractivity contribution in [2.75, 3.05) is 11.1 Å². The molecular formula is C27H23N5O2S. The van der Waals surface area contributed by atoms with Crippen LogP contribution in [0.1, 0.15) is 11.4 Å². The van der Waals surface area contributed by atoms with Gasteiger partial charge in [-0.2, -0.15) is 0 Å². The highest BCUT2D eigenvalue weighted by atomic mass is 32.2. The number of carbonyl (C=O) groups excluding carboxylic acids is 1. The van der Waals surface area contributed by atoms with Crippen LogP contribution in [-0.4, -0.2) is 31.4 Å². The number of nitrogens with zero attached hydrogens (tertiary/aromatic N) is 4. The van der Waals surface area contributed by atoms with E-state index < -0.39 is 0 Å². The number of fused-ring (bicyclic) bond motifs is 1. The standard InChI is InChI=1S/C27H23N5O2S/c1-19-8-5-11-21(16-19)29-25(33)18-35-27-31-30-24(32(27)22-12-3-2-4-13-22)17-34-23-14-6-9-20-10-7-15-28-26(20)23/h2-16H,17-18H2,1H3,(H,29,33). The number of rotatable bonds is 8. The van der Waals surface area contributed by atoms with Gasteiger partial charge in [0.05, 0.1) is 5.75 Å². The Balaban J connectivity index is 1.35. The van der Waals surface area contributed by atoms with Gasteiger partial charge < -0.3 is 10.1 Å². The fraction of sp³-hybridized carbons (Fsp3) is 0.111. The van der Waals surface area contributed by atoms with E-state index in [0.717, 1.165) is 27.8 Å². The summed E-state index contributed by atoms with van der Waals surface area (Å²) in [7, 11) is 0. The summed E-state index contributed by atoms with van der Waals surface area (Å²) in [5, 5.41) is 13.3. The van der Waals surface area contributed by atoms with E-state index in [-0.39, 0.29) is 18.3 Å². The lowest BCUT2D eigenvalue weighted by Gasteiger charge is -2.12. The maximum absolute atomic E-state index is 12.6. The van der Waals surface area contributed by atoms with Gasteiger partial charge in [0.1, 0.15) is 17.9 Å². The molecule has 0 saturated carbocycles. The molecule has 5 rings (SSSR count). The molecule has 0 fully saturated rings. The van der Waals surface area contributed by atoms with Crippen LogP contribution in [0.25, 0.3) is 16.6 Å². The summed E-state index contributed by atoms with van der Waals surface area (Å²) >= 11 is 1.33. The number of aromatic nitrogens is 4. The van der Waals surface area contributed by atoms with Crippen molar-refractivity contribution < 1.29 is 9.53 Å². The van der Waals surface area contributed by atoms with Gasteiger partial charge in [-0.15, -0.1) is 10.2 Å². The van der Waals surface area contributed by atoms with Crippen molar-refractivity contribution in [1.82, 2.24) is 19.7 Å². The van der Waals surface area contributed by atoms with E-state index in [2.05, 4.69) is 20.5 Å². The average Bonchev–Trinajstić information content (AvgIpc) is 3.29. The first-order valence-corrected chi connectivity index (χ1v) is 12.1. The number of para-hydroxylation sites is 2. The molecule has 3 aromatic carbocycles. The molecule has 2 aromatic heterocycles. The second-order valence-corrected chi connectivity index (χ2v) is 8.84. The van der Waals surface area contributed by atoms with Crippen molar-refractivity contribution in [3.8, 4) is 11.4 Å². The smallest absolute Gasteiger partial charge is 0.234 e. The molecule has 0 unspecified atom stereocenters. The number of hydrogen-bond acceptors (Lipinski definition) is 6. The number of aryl methyl sites for hydroxylation is 1. The van der Waals surface area contributed by atoms with Crippen molar-refractivity contribution in [2.24, 2.45) is 0 Å². The SMILES string of the molecule is Cc1cccc(NC(=O)CSc2nnc(COc3cccc4cccnc34)n2-c2ccccc2)c1. The molecule has 35 heavy (non-hydrogen) atoms. The second-order valence-electron chi connectivity index (χ2n) is 7.90. The van der Waals surface area contributed by atoms with Crippen molar-refractivity contribution in [1.29, 1.82) is 0 Å². The lowest BCUT2D eigenvalue weighted by molar-refractivity contribution is -0.113.